The van der Waals surface area contributed by atoms with Crippen LogP contribution in [0, 0.1) is 0 Å². The molecule has 0 saturated heterocycles. The molecule has 1 N–H and O–H groups in total. The maximum atomic E-state index is 13.0. The van der Waals surface area contributed by atoms with Crippen molar-refractivity contribution in [1.29, 1.82) is 0 Å². The number of thiazole rings is 1. The Bertz CT molecular complexity index is 1240. The van der Waals surface area contributed by atoms with Gasteiger partial charge in [-0.25, -0.2) is 4.98 Å². The molecule has 0 unspecified atom stereocenters. The van der Waals surface area contributed by atoms with Gasteiger partial charge in [-0.2, -0.15) is 0 Å². The molecule has 0 fully saturated rings. The van der Waals surface area contributed by atoms with Crippen molar-refractivity contribution < 1.29 is 9.53 Å². The Morgan fingerprint density at radius 3 is 2.73 bits per heavy atom. The number of rotatable bonds is 7. The minimum atomic E-state index is -0.446. The third kappa shape index (κ3) is 4.24. The number of nitrogens with zero attached hydrogens (tertiary/aromatic N) is 2. The van der Waals surface area contributed by atoms with E-state index in [1.165, 1.54) is 27.5 Å². The van der Waals surface area contributed by atoms with Gasteiger partial charge in [-0.15, -0.1) is 23.1 Å². The first-order chi connectivity index (χ1) is 14.7. The number of thioether (sulfide) groups is 1. The molecule has 30 heavy (non-hydrogen) atoms. The fourth-order valence-electron chi connectivity index (χ4n) is 2.93. The number of fused-ring (bicyclic) bond motifs is 1. The molecule has 1 amide bonds. The van der Waals surface area contributed by atoms with Gasteiger partial charge in [-0.05, 0) is 24.0 Å². The largest absolute Gasteiger partial charge is 0.457 e. The van der Waals surface area contributed by atoms with Gasteiger partial charge in [0.05, 0.1) is 0 Å². The second-order valence-corrected chi connectivity index (χ2v) is 8.42. The van der Waals surface area contributed by atoms with Gasteiger partial charge in [-0.1, -0.05) is 43.3 Å². The number of benzene rings is 2. The fourth-order valence-corrected chi connectivity index (χ4v) is 4.44. The molecule has 152 valence electrons. The van der Waals surface area contributed by atoms with Crippen molar-refractivity contribution in [1.82, 2.24) is 14.7 Å². The quantitative estimate of drug-likeness (QED) is 0.338. The highest BCUT2D eigenvalue weighted by Gasteiger charge is 2.21. The Kier molecular flexibility index (Phi) is 6.15. The van der Waals surface area contributed by atoms with Gasteiger partial charge in [-0.3, -0.25) is 14.0 Å². The summed E-state index contributed by atoms with van der Waals surface area (Å²) in [6.07, 6.45) is 1.63. The van der Waals surface area contributed by atoms with E-state index < -0.39 is 5.91 Å². The summed E-state index contributed by atoms with van der Waals surface area (Å²) < 4.78 is 7.36. The molecule has 2 heterocycles. The fraction of sp³-hybridized carbons (Fsp3) is 0.136. The van der Waals surface area contributed by atoms with E-state index in [0.717, 1.165) is 5.56 Å². The van der Waals surface area contributed by atoms with E-state index in [2.05, 4.69) is 10.3 Å². The van der Waals surface area contributed by atoms with Crippen LogP contribution in [-0.2, 0) is 6.54 Å². The van der Waals surface area contributed by atoms with Gasteiger partial charge >= 0.3 is 0 Å². The summed E-state index contributed by atoms with van der Waals surface area (Å²) in [5.74, 6) is 1.62. The molecule has 0 aliphatic carbocycles. The molecule has 2 aromatic heterocycles. The summed E-state index contributed by atoms with van der Waals surface area (Å²) in [5.41, 5.74) is 0.520. The van der Waals surface area contributed by atoms with Gasteiger partial charge in [0.1, 0.15) is 22.1 Å². The van der Waals surface area contributed by atoms with E-state index in [9.17, 15) is 9.59 Å². The second-order valence-electron chi connectivity index (χ2n) is 6.29. The van der Waals surface area contributed by atoms with Gasteiger partial charge in [0.15, 0.2) is 4.96 Å². The number of carbonyl (C=O) groups excluding carboxylic acids is 1. The van der Waals surface area contributed by atoms with Crippen molar-refractivity contribution in [3.8, 4) is 11.5 Å². The number of amides is 1. The molecule has 0 spiro atoms. The van der Waals surface area contributed by atoms with Crippen molar-refractivity contribution in [2.24, 2.45) is 0 Å². The summed E-state index contributed by atoms with van der Waals surface area (Å²) in [6.45, 7) is 2.19. The van der Waals surface area contributed by atoms with E-state index in [4.69, 9.17) is 4.74 Å². The van der Waals surface area contributed by atoms with Crippen molar-refractivity contribution in [2.45, 2.75) is 18.5 Å². The van der Waals surface area contributed by atoms with Crippen LogP contribution in [0.15, 0.2) is 76.0 Å². The smallest absolute Gasteiger partial charge is 0.272 e. The summed E-state index contributed by atoms with van der Waals surface area (Å²) in [5, 5.41) is 5.09. The summed E-state index contributed by atoms with van der Waals surface area (Å²) in [4.78, 5) is 30.9. The zero-order chi connectivity index (χ0) is 20.9. The Morgan fingerprint density at radius 1 is 1.17 bits per heavy atom. The Labute approximate surface area is 181 Å². The van der Waals surface area contributed by atoms with E-state index in [-0.39, 0.29) is 17.7 Å². The standard InChI is InChI=1S/C22H19N3O3S2/c1-2-29-20-18(21(27)25-12-13-30-22(25)24-20)19(26)23-14-15-8-6-7-11-17(15)28-16-9-4-3-5-10-16/h3-13H,2,14H2,1H3,(H,23,26). The monoisotopic (exact) mass is 437 g/mol. The zero-order valence-corrected chi connectivity index (χ0v) is 17.8. The average molecular weight is 438 g/mol. The number of para-hydroxylation sites is 2. The molecular weight excluding hydrogens is 418 g/mol. The van der Waals surface area contributed by atoms with Crippen LogP contribution in [0.5, 0.6) is 11.5 Å². The van der Waals surface area contributed by atoms with Crippen LogP contribution >= 0.6 is 23.1 Å². The molecule has 6 nitrogen and oxygen atoms in total. The first-order valence-electron chi connectivity index (χ1n) is 9.39. The van der Waals surface area contributed by atoms with Crippen LogP contribution in [-0.4, -0.2) is 21.0 Å². The van der Waals surface area contributed by atoms with E-state index in [1.807, 2.05) is 61.5 Å². The lowest BCUT2D eigenvalue weighted by molar-refractivity contribution is 0.0945. The van der Waals surface area contributed by atoms with Crippen molar-refractivity contribution >= 4 is 34.0 Å². The predicted octanol–water partition coefficient (Wildman–Crippen LogP) is 4.59. The van der Waals surface area contributed by atoms with Crippen molar-refractivity contribution in [3.63, 3.8) is 0 Å². The van der Waals surface area contributed by atoms with Gasteiger partial charge in [0.2, 0.25) is 0 Å². The first-order valence-corrected chi connectivity index (χ1v) is 11.3. The zero-order valence-electron chi connectivity index (χ0n) is 16.2. The second kappa shape index (κ2) is 9.15. The van der Waals surface area contributed by atoms with E-state index in [0.29, 0.717) is 27.2 Å². The number of carbonyl (C=O) groups is 1. The number of aromatic nitrogens is 2. The highest BCUT2D eigenvalue weighted by Crippen LogP contribution is 2.25. The minimum absolute atomic E-state index is 0.0687. The molecule has 0 aliphatic rings. The summed E-state index contributed by atoms with van der Waals surface area (Å²) in [6, 6.07) is 16.9. The van der Waals surface area contributed by atoms with Crippen molar-refractivity contribution in [2.75, 3.05) is 5.75 Å². The predicted molar refractivity (Wildman–Crippen MR) is 120 cm³/mol. The highest BCUT2D eigenvalue weighted by atomic mass is 32.2. The van der Waals surface area contributed by atoms with Crippen LogP contribution in [0.4, 0.5) is 0 Å². The molecule has 4 rings (SSSR count). The normalized spacial score (nSPS) is 10.8. The Balaban J connectivity index is 1.58. The summed E-state index contributed by atoms with van der Waals surface area (Å²) in [7, 11) is 0. The molecular formula is C22H19N3O3S2. The molecule has 4 aromatic rings. The molecule has 0 saturated carbocycles. The van der Waals surface area contributed by atoms with E-state index in [1.54, 1.807) is 11.6 Å². The van der Waals surface area contributed by atoms with Crippen LogP contribution in [0.1, 0.15) is 22.8 Å². The molecule has 2 aromatic carbocycles. The number of hydrogen-bond acceptors (Lipinski definition) is 6. The topological polar surface area (TPSA) is 72.7 Å². The molecule has 8 heteroatoms. The molecule has 0 radical (unpaired) electrons. The van der Waals surface area contributed by atoms with Gasteiger partial charge in [0, 0.05) is 23.7 Å². The lowest BCUT2D eigenvalue weighted by Gasteiger charge is -2.13. The molecule has 0 atom stereocenters. The minimum Gasteiger partial charge on any atom is -0.457 e. The first kappa shape index (κ1) is 20.2. The SMILES string of the molecule is CCSc1nc2sccn2c(=O)c1C(=O)NCc1ccccc1Oc1ccccc1. The average Bonchev–Trinajstić information content (AvgIpc) is 3.23. The number of ether oxygens (including phenoxy) is 1. The van der Waals surface area contributed by atoms with Crippen LogP contribution < -0.4 is 15.6 Å². The Morgan fingerprint density at radius 2 is 1.93 bits per heavy atom. The number of nitrogens with one attached hydrogen (secondary N) is 1. The highest BCUT2D eigenvalue weighted by molar-refractivity contribution is 7.99. The third-order valence-electron chi connectivity index (χ3n) is 4.32. The number of hydrogen-bond donors (Lipinski definition) is 1. The van der Waals surface area contributed by atoms with Crippen molar-refractivity contribution in [3.05, 3.63) is 87.7 Å². The van der Waals surface area contributed by atoms with E-state index >= 15 is 0 Å². The van der Waals surface area contributed by atoms with Crippen LogP contribution in [0.25, 0.3) is 4.96 Å². The lowest BCUT2D eigenvalue weighted by atomic mass is 10.2. The lowest BCUT2D eigenvalue weighted by Crippen LogP contribution is -2.32. The third-order valence-corrected chi connectivity index (χ3v) is 5.94. The molecule has 0 aliphatic heterocycles. The summed E-state index contributed by atoms with van der Waals surface area (Å²) >= 11 is 2.75. The maximum Gasteiger partial charge on any atom is 0.272 e. The Hall–Kier alpha value is -3.10. The van der Waals surface area contributed by atoms with Crippen LogP contribution in [0.3, 0.4) is 0 Å². The van der Waals surface area contributed by atoms with Crippen LogP contribution in [0.2, 0.25) is 0 Å². The molecule has 0 bridgehead atoms. The maximum absolute atomic E-state index is 13.0. The van der Waals surface area contributed by atoms with Gasteiger partial charge in [0.25, 0.3) is 11.5 Å². The van der Waals surface area contributed by atoms with Gasteiger partial charge < -0.3 is 10.1 Å².